The Balaban J connectivity index is 2.14. The van der Waals surface area contributed by atoms with Crippen LogP contribution in [0.1, 0.15) is 22.6 Å². The Hall–Kier alpha value is -2.36. The predicted molar refractivity (Wildman–Crippen MR) is 80.1 cm³/mol. The summed E-state index contributed by atoms with van der Waals surface area (Å²) in [5.74, 6) is 0.728. The summed E-state index contributed by atoms with van der Waals surface area (Å²) in [6, 6.07) is 10.0. The van der Waals surface area contributed by atoms with E-state index >= 15 is 0 Å². The van der Waals surface area contributed by atoms with Gasteiger partial charge < -0.3 is 4.98 Å². The smallest absolute Gasteiger partial charge is 0.263 e. The van der Waals surface area contributed by atoms with Gasteiger partial charge in [-0.05, 0) is 32.4 Å². The molecule has 3 aromatic rings. The second-order valence-electron chi connectivity index (χ2n) is 5.25. The highest BCUT2D eigenvalue weighted by Gasteiger charge is 2.10. The van der Waals surface area contributed by atoms with Crippen LogP contribution in [0, 0.1) is 20.8 Å². The van der Waals surface area contributed by atoms with E-state index in [0.29, 0.717) is 17.6 Å². The van der Waals surface area contributed by atoms with Crippen LogP contribution in [0.25, 0.3) is 11.0 Å². The van der Waals surface area contributed by atoms with Crippen molar-refractivity contribution in [3.05, 3.63) is 63.3 Å². The van der Waals surface area contributed by atoms with E-state index in [9.17, 15) is 4.79 Å². The second kappa shape index (κ2) is 4.63. The van der Waals surface area contributed by atoms with Gasteiger partial charge in [-0.25, -0.2) is 4.98 Å². The molecule has 0 aliphatic carbocycles. The molecule has 0 radical (unpaired) electrons. The normalized spacial score (nSPS) is 11.2. The summed E-state index contributed by atoms with van der Waals surface area (Å²) in [7, 11) is 0. The van der Waals surface area contributed by atoms with Crippen molar-refractivity contribution in [3.8, 4) is 0 Å². The van der Waals surface area contributed by atoms with Crippen molar-refractivity contribution in [1.82, 2.24) is 14.5 Å². The Labute approximate surface area is 117 Å². The summed E-state index contributed by atoms with van der Waals surface area (Å²) in [5, 5.41) is 0.653. The molecule has 102 valence electrons. The Morgan fingerprint density at radius 3 is 2.75 bits per heavy atom. The van der Waals surface area contributed by atoms with E-state index in [1.807, 2.05) is 32.0 Å². The third-order valence-corrected chi connectivity index (χ3v) is 3.49. The van der Waals surface area contributed by atoms with Crippen molar-refractivity contribution < 1.29 is 0 Å². The average molecular weight is 267 g/mol. The first-order chi connectivity index (χ1) is 9.54. The molecule has 2 heterocycles. The van der Waals surface area contributed by atoms with Crippen LogP contribution in [0.4, 0.5) is 0 Å². The number of hydrogen-bond acceptors (Lipinski definition) is 2. The summed E-state index contributed by atoms with van der Waals surface area (Å²) in [5.41, 5.74) is 3.95. The fourth-order valence-electron chi connectivity index (χ4n) is 2.52. The maximum atomic E-state index is 12.6. The molecule has 0 aliphatic rings. The Kier molecular flexibility index (Phi) is 2.93. The number of hydrogen-bond donors (Lipinski definition) is 1. The van der Waals surface area contributed by atoms with Gasteiger partial charge in [-0.2, -0.15) is 0 Å². The van der Waals surface area contributed by atoms with E-state index in [-0.39, 0.29) is 5.56 Å². The van der Waals surface area contributed by atoms with Crippen LogP contribution in [-0.2, 0) is 6.54 Å². The van der Waals surface area contributed by atoms with E-state index in [2.05, 4.69) is 29.0 Å². The van der Waals surface area contributed by atoms with Crippen LogP contribution < -0.4 is 5.56 Å². The molecule has 2 aromatic heterocycles. The SMILES string of the molecule is Cc1cccc(Cn2c(C)nc3[nH]c(C)cc3c2=O)c1. The Morgan fingerprint density at radius 2 is 2.00 bits per heavy atom. The zero-order chi connectivity index (χ0) is 14.3. The lowest BCUT2D eigenvalue weighted by Crippen LogP contribution is -2.24. The molecule has 0 amide bonds. The summed E-state index contributed by atoms with van der Waals surface area (Å²) in [6.07, 6.45) is 0. The molecule has 1 N–H and O–H groups in total. The summed E-state index contributed by atoms with van der Waals surface area (Å²) >= 11 is 0. The number of nitrogens with zero attached hydrogens (tertiary/aromatic N) is 2. The second-order valence-corrected chi connectivity index (χ2v) is 5.25. The first-order valence-electron chi connectivity index (χ1n) is 6.67. The number of fused-ring (bicyclic) bond motifs is 1. The maximum absolute atomic E-state index is 12.6. The van der Waals surface area contributed by atoms with Gasteiger partial charge in [0.2, 0.25) is 0 Å². The van der Waals surface area contributed by atoms with Crippen LogP contribution in [0.2, 0.25) is 0 Å². The van der Waals surface area contributed by atoms with Gasteiger partial charge in [0, 0.05) is 5.69 Å². The molecule has 0 atom stereocenters. The molecule has 0 saturated heterocycles. The van der Waals surface area contributed by atoms with Gasteiger partial charge in [0.15, 0.2) is 0 Å². The minimum absolute atomic E-state index is 0.0124. The van der Waals surface area contributed by atoms with Gasteiger partial charge in [0.1, 0.15) is 11.5 Å². The maximum Gasteiger partial charge on any atom is 0.263 e. The Bertz CT molecular complexity index is 843. The highest BCUT2D eigenvalue weighted by molar-refractivity contribution is 5.75. The lowest BCUT2D eigenvalue weighted by atomic mass is 10.1. The van der Waals surface area contributed by atoms with Gasteiger partial charge in [-0.15, -0.1) is 0 Å². The summed E-state index contributed by atoms with van der Waals surface area (Å²) in [4.78, 5) is 20.2. The first kappa shape index (κ1) is 12.7. The molecule has 0 saturated carbocycles. The van der Waals surface area contributed by atoms with Gasteiger partial charge >= 0.3 is 0 Å². The standard InChI is InChI=1S/C16H17N3O/c1-10-5-4-6-13(7-10)9-19-12(3)18-15-14(16(19)20)8-11(2)17-15/h4-8,17H,9H2,1-3H3. The quantitative estimate of drug-likeness (QED) is 0.776. The van der Waals surface area contributed by atoms with Crippen molar-refractivity contribution in [2.45, 2.75) is 27.3 Å². The van der Waals surface area contributed by atoms with E-state index in [4.69, 9.17) is 0 Å². The third kappa shape index (κ3) is 2.13. The van der Waals surface area contributed by atoms with Gasteiger partial charge in [-0.3, -0.25) is 9.36 Å². The molecule has 4 nitrogen and oxygen atoms in total. The van der Waals surface area contributed by atoms with Crippen molar-refractivity contribution >= 4 is 11.0 Å². The van der Waals surface area contributed by atoms with Crippen molar-refractivity contribution in [1.29, 1.82) is 0 Å². The molecule has 20 heavy (non-hydrogen) atoms. The first-order valence-corrected chi connectivity index (χ1v) is 6.67. The minimum atomic E-state index is 0.0124. The molecular weight excluding hydrogens is 250 g/mol. The highest BCUT2D eigenvalue weighted by atomic mass is 16.1. The fourth-order valence-corrected chi connectivity index (χ4v) is 2.52. The molecule has 0 unspecified atom stereocenters. The van der Waals surface area contributed by atoms with E-state index in [1.54, 1.807) is 4.57 Å². The molecule has 1 aromatic carbocycles. The van der Waals surface area contributed by atoms with Crippen LogP contribution in [0.15, 0.2) is 35.1 Å². The molecular formula is C16H17N3O. The lowest BCUT2D eigenvalue weighted by molar-refractivity contribution is 0.711. The fraction of sp³-hybridized carbons (Fsp3) is 0.250. The van der Waals surface area contributed by atoms with Crippen molar-refractivity contribution in [2.75, 3.05) is 0 Å². The number of rotatable bonds is 2. The van der Waals surface area contributed by atoms with Crippen molar-refractivity contribution in [3.63, 3.8) is 0 Å². The summed E-state index contributed by atoms with van der Waals surface area (Å²) < 4.78 is 1.73. The lowest BCUT2D eigenvalue weighted by Gasteiger charge is -2.10. The van der Waals surface area contributed by atoms with Crippen LogP contribution >= 0.6 is 0 Å². The van der Waals surface area contributed by atoms with Crippen LogP contribution in [-0.4, -0.2) is 14.5 Å². The molecule has 0 bridgehead atoms. The molecule has 4 heteroatoms. The number of aryl methyl sites for hydroxylation is 3. The third-order valence-electron chi connectivity index (χ3n) is 3.49. The zero-order valence-electron chi connectivity index (χ0n) is 11.9. The number of H-pyrrole nitrogens is 1. The van der Waals surface area contributed by atoms with E-state index in [1.165, 1.54) is 5.56 Å². The van der Waals surface area contributed by atoms with Crippen LogP contribution in [0.5, 0.6) is 0 Å². The topological polar surface area (TPSA) is 50.7 Å². The number of aromatic amines is 1. The molecule has 0 spiro atoms. The highest BCUT2D eigenvalue weighted by Crippen LogP contribution is 2.11. The zero-order valence-corrected chi connectivity index (χ0v) is 11.9. The van der Waals surface area contributed by atoms with Crippen molar-refractivity contribution in [2.24, 2.45) is 0 Å². The van der Waals surface area contributed by atoms with Gasteiger partial charge in [0.25, 0.3) is 5.56 Å². The largest absolute Gasteiger partial charge is 0.343 e. The monoisotopic (exact) mass is 267 g/mol. The number of benzene rings is 1. The van der Waals surface area contributed by atoms with Gasteiger partial charge in [-0.1, -0.05) is 29.8 Å². The summed E-state index contributed by atoms with van der Waals surface area (Å²) in [6.45, 7) is 6.41. The predicted octanol–water partition coefficient (Wildman–Crippen LogP) is 2.70. The minimum Gasteiger partial charge on any atom is -0.343 e. The molecule has 0 aliphatic heterocycles. The van der Waals surface area contributed by atoms with E-state index in [0.717, 1.165) is 17.1 Å². The van der Waals surface area contributed by atoms with Gasteiger partial charge in [0.05, 0.1) is 11.9 Å². The Morgan fingerprint density at radius 1 is 1.20 bits per heavy atom. The molecule has 0 fully saturated rings. The average Bonchev–Trinajstić information content (AvgIpc) is 2.75. The number of nitrogens with one attached hydrogen (secondary N) is 1. The molecule has 3 rings (SSSR count). The van der Waals surface area contributed by atoms with Crippen LogP contribution in [0.3, 0.4) is 0 Å². The van der Waals surface area contributed by atoms with E-state index < -0.39 is 0 Å². The number of aromatic nitrogens is 3.